The fraction of sp³-hybridized carbons (Fsp3) is 0.385. The predicted octanol–water partition coefficient (Wildman–Crippen LogP) is 4.07. The number of hydrogen-bond acceptors (Lipinski definition) is 1. The second kappa shape index (κ2) is 6.81. The Hall–Kier alpha value is -0.600. The van der Waals surface area contributed by atoms with Gasteiger partial charge in [-0.05, 0) is 37.1 Å². The van der Waals surface area contributed by atoms with Crippen LogP contribution in [0.5, 0.6) is 0 Å². The van der Waals surface area contributed by atoms with Gasteiger partial charge in [-0.3, -0.25) is 0 Å². The van der Waals surface area contributed by atoms with E-state index in [1.807, 2.05) is 12.1 Å². The second-order valence-electron chi connectivity index (χ2n) is 3.59. The first-order valence-corrected chi connectivity index (χ1v) is 6.17. The van der Waals surface area contributed by atoms with E-state index in [0.717, 1.165) is 23.9 Å². The van der Waals surface area contributed by atoms with Crippen LogP contribution in [-0.4, -0.2) is 6.54 Å². The normalized spacial score (nSPS) is 12.4. The van der Waals surface area contributed by atoms with Gasteiger partial charge in [-0.15, -0.1) is 6.58 Å². The van der Waals surface area contributed by atoms with E-state index in [1.165, 1.54) is 5.56 Å². The van der Waals surface area contributed by atoms with E-state index in [2.05, 4.69) is 52.9 Å². The van der Waals surface area contributed by atoms with Crippen LogP contribution in [0.15, 0.2) is 41.4 Å². The molecule has 0 aromatic heterocycles. The van der Waals surface area contributed by atoms with E-state index >= 15 is 0 Å². The van der Waals surface area contributed by atoms with Gasteiger partial charge >= 0.3 is 0 Å². The van der Waals surface area contributed by atoms with Gasteiger partial charge in [0, 0.05) is 10.5 Å². The number of benzene rings is 1. The first-order valence-electron chi connectivity index (χ1n) is 5.37. The first-order chi connectivity index (χ1) is 7.27. The quantitative estimate of drug-likeness (QED) is 0.767. The molecule has 0 saturated carbocycles. The van der Waals surface area contributed by atoms with Gasteiger partial charge in [-0.25, -0.2) is 0 Å². The summed E-state index contributed by atoms with van der Waals surface area (Å²) in [7, 11) is 0. The molecule has 1 nitrogen and oxygen atoms in total. The maximum atomic E-state index is 3.80. The van der Waals surface area contributed by atoms with Crippen molar-refractivity contribution in [1.29, 1.82) is 0 Å². The van der Waals surface area contributed by atoms with Gasteiger partial charge < -0.3 is 5.32 Å². The summed E-state index contributed by atoms with van der Waals surface area (Å²) in [5.41, 5.74) is 1.32. The average molecular weight is 268 g/mol. The minimum atomic E-state index is 0.389. The molecule has 1 aromatic carbocycles. The Morgan fingerprint density at radius 2 is 2.33 bits per heavy atom. The summed E-state index contributed by atoms with van der Waals surface area (Å²) in [6.45, 7) is 7.03. The Bertz CT molecular complexity index is 309. The van der Waals surface area contributed by atoms with Crippen molar-refractivity contribution >= 4 is 15.9 Å². The molecule has 0 fully saturated rings. The Morgan fingerprint density at radius 1 is 1.53 bits per heavy atom. The zero-order valence-electron chi connectivity index (χ0n) is 9.17. The van der Waals surface area contributed by atoms with Crippen molar-refractivity contribution in [3.05, 3.63) is 47.0 Å². The molecule has 0 aliphatic rings. The maximum absolute atomic E-state index is 3.80. The van der Waals surface area contributed by atoms with Crippen molar-refractivity contribution in [3.8, 4) is 0 Å². The highest BCUT2D eigenvalue weighted by molar-refractivity contribution is 9.10. The highest BCUT2D eigenvalue weighted by atomic mass is 79.9. The third-order valence-corrected chi connectivity index (χ3v) is 2.79. The lowest BCUT2D eigenvalue weighted by Crippen LogP contribution is -2.21. The molecule has 0 radical (unpaired) electrons. The molecule has 1 unspecified atom stereocenters. The molecular weight excluding hydrogens is 250 g/mol. The van der Waals surface area contributed by atoms with E-state index < -0.39 is 0 Å². The van der Waals surface area contributed by atoms with E-state index in [-0.39, 0.29) is 0 Å². The summed E-state index contributed by atoms with van der Waals surface area (Å²) in [4.78, 5) is 0. The van der Waals surface area contributed by atoms with Crippen LogP contribution >= 0.6 is 15.9 Å². The van der Waals surface area contributed by atoms with Crippen LogP contribution in [0.1, 0.15) is 31.4 Å². The highest BCUT2D eigenvalue weighted by Gasteiger charge is 2.08. The lowest BCUT2D eigenvalue weighted by Gasteiger charge is -2.17. The van der Waals surface area contributed by atoms with Gasteiger partial charge in [0.1, 0.15) is 0 Å². The summed E-state index contributed by atoms with van der Waals surface area (Å²) < 4.78 is 1.13. The molecular formula is C13H18BrN. The summed E-state index contributed by atoms with van der Waals surface area (Å²) in [6.07, 6.45) is 4.09. The van der Waals surface area contributed by atoms with Crippen LogP contribution in [0.2, 0.25) is 0 Å². The van der Waals surface area contributed by atoms with Crippen LogP contribution < -0.4 is 5.32 Å². The molecule has 82 valence electrons. The van der Waals surface area contributed by atoms with Gasteiger partial charge in [-0.1, -0.05) is 41.1 Å². The zero-order valence-corrected chi connectivity index (χ0v) is 10.8. The van der Waals surface area contributed by atoms with Gasteiger partial charge in [0.25, 0.3) is 0 Å². The summed E-state index contributed by atoms with van der Waals surface area (Å²) in [6, 6.07) is 8.83. The van der Waals surface area contributed by atoms with E-state index in [9.17, 15) is 0 Å². The van der Waals surface area contributed by atoms with Crippen LogP contribution in [0, 0.1) is 0 Å². The number of halogens is 1. The predicted molar refractivity (Wildman–Crippen MR) is 70.0 cm³/mol. The van der Waals surface area contributed by atoms with Crippen LogP contribution in [-0.2, 0) is 0 Å². The standard InChI is InChI=1S/C13H18BrN/c1-3-6-13(15-9-4-2)11-7-5-8-12(14)10-11/h3,5,7-8,10,13,15H,1,4,6,9H2,2H3. The number of nitrogens with one attached hydrogen (secondary N) is 1. The fourth-order valence-electron chi connectivity index (χ4n) is 1.55. The summed E-state index contributed by atoms with van der Waals surface area (Å²) in [5, 5.41) is 3.52. The highest BCUT2D eigenvalue weighted by Crippen LogP contribution is 2.20. The second-order valence-corrected chi connectivity index (χ2v) is 4.50. The maximum Gasteiger partial charge on any atom is 0.0355 e. The third-order valence-electron chi connectivity index (χ3n) is 2.29. The third kappa shape index (κ3) is 4.18. The van der Waals surface area contributed by atoms with Crippen molar-refractivity contribution in [2.24, 2.45) is 0 Å². The SMILES string of the molecule is C=CCC(NCCC)c1cccc(Br)c1. The minimum Gasteiger partial charge on any atom is -0.310 e. The number of rotatable bonds is 6. The van der Waals surface area contributed by atoms with Gasteiger partial charge in [0.05, 0.1) is 0 Å². The Morgan fingerprint density at radius 3 is 2.93 bits per heavy atom. The molecule has 0 heterocycles. The van der Waals surface area contributed by atoms with Crippen molar-refractivity contribution in [1.82, 2.24) is 5.32 Å². The van der Waals surface area contributed by atoms with Crippen LogP contribution in [0.3, 0.4) is 0 Å². The monoisotopic (exact) mass is 267 g/mol. The van der Waals surface area contributed by atoms with E-state index in [4.69, 9.17) is 0 Å². The molecule has 2 heteroatoms. The molecule has 0 bridgehead atoms. The molecule has 0 aliphatic carbocycles. The molecule has 1 atom stereocenters. The molecule has 15 heavy (non-hydrogen) atoms. The van der Waals surface area contributed by atoms with Gasteiger partial charge in [0.2, 0.25) is 0 Å². The molecule has 0 aliphatic heterocycles. The smallest absolute Gasteiger partial charge is 0.0355 e. The zero-order chi connectivity index (χ0) is 11.1. The largest absolute Gasteiger partial charge is 0.310 e. The molecule has 1 N–H and O–H groups in total. The number of hydrogen-bond donors (Lipinski definition) is 1. The lowest BCUT2D eigenvalue weighted by molar-refractivity contribution is 0.537. The van der Waals surface area contributed by atoms with Crippen molar-refractivity contribution < 1.29 is 0 Å². The van der Waals surface area contributed by atoms with Gasteiger partial charge in [0.15, 0.2) is 0 Å². The summed E-state index contributed by atoms with van der Waals surface area (Å²) >= 11 is 3.50. The lowest BCUT2D eigenvalue weighted by atomic mass is 10.0. The Labute approximate surface area is 101 Å². The van der Waals surface area contributed by atoms with E-state index in [1.54, 1.807) is 0 Å². The average Bonchev–Trinajstić information content (AvgIpc) is 2.24. The topological polar surface area (TPSA) is 12.0 Å². The van der Waals surface area contributed by atoms with Crippen LogP contribution in [0.25, 0.3) is 0 Å². The molecule has 0 saturated heterocycles. The Balaban J connectivity index is 2.73. The van der Waals surface area contributed by atoms with Gasteiger partial charge in [-0.2, -0.15) is 0 Å². The van der Waals surface area contributed by atoms with Crippen LogP contribution in [0.4, 0.5) is 0 Å². The minimum absolute atomic E-state index is 0.389. The molecule has 1 rings (SSSR count). The fourth-order valence-corrected chi connectivity index (χ4v) is 1.96. The molecule has 0 spiro atoms. The molecule has 0 amide bonds. The van der Waals surface area contributed by atoms with Crippen molar-refractivity contribution in [2.75, 3.05) is 6.54 Å². The van der Waals surface area contributed by atoms with E-state index in [0.29, 0.717) is 6.04 Å². The van der Waals surface area contributed by atoms with Crippen molar-refractivity contribution in [3.63, 3.8) is 0 Å². The summed E-state index contributed by atoms with van der Waals surface area (Å²) in [5.74, 6) is 0. The van der Waals surface area contributed by atoms with Crippen molar-refractivity contribution in [2.45, 2.75) is 25.8 Å². The first kappa shape index (κ1) is 12.5. The Kier molecular flexibility index (Phi) is 5.66. The molecule has 1 aromatic rings.